The van der Waals surface area contributed by atoms with Gasteiger partial charge in [-0.3, -0.25) is 4.79 Å². The number of anilines is 2. The molecule has 0 aliphatic carbocycles. The third kappa shape index (κ3) is 3.85. The van der Waals surface area contributed by atoms with E-state index in [1.165, 1.54) is 11.2 Å². The molecule has 17 heavy (non-hydrogen) atoms. The van der Waals surface area contributed by atoms with E-state index in [2.05, 4.69) is 36.5 Å². The van der Waals surface area contributed by atoms with Crippen LogP contribution in [0.4, 0.5) is 11.6 Å². The zero-order valence-electron chi connectivity index (χ0n) is 10.1. The SMILES string of the molecule is CCNc1ncnc(NCC(=O)N(C)C)c1Br. The minimum absolute atomic E-state index is 0.0134. The molecule has 6 nitrogen and oxygen atoms in total. The fourth-order valence-electron chi connectivity index (χ4n) is 1.10. The number of hydrogen-bond donors (Lipinski definition) is 2. The molecule has 1 rings (SSSR count). The van der Waals surface area contributed by atoms with Gasteiger partial charge in [-0.05, 0) is 22.9 Å². The van der Waals surface area contributed by atoms with Crippen molar-refractivity contribution in [3.05, 3.63) is 10.8 Å². The molecular weight excluding hydrogens is 286 g/mol. The van der Waals surface area contributed by atoms with Crippen LogP contribution in [-0.2, 0) is 4.79 Å². The van der Waals surface area contributed by atoms with Crippen molar-refractivity contribution in [3.8, 4) is 0 Å². The van der Waals surface area contributed by atoms with Gasteiger partial charge in [0.2, 0.25) is 5.91 Å². The third-order valence-electron chi connectivity index (χ3n) is 2.04. The molecule has 0 bridgehead atoms. The van der Waals surface area contributed by atoms with Crippen LogP contribution >= 0.6 is 15.9 Å². The maximum absolute atomic E-state index is 11.4. The van der Waals surface area contributed by atoms with Crippen molar-refractivity contribution in [2.24, 2.45) is 0 Å². The zero-order valence-corrected chi connectivity index (χ0v) is 11.7. The molecule has 0 fully saturated rings. The Balaban J connectivity index is 2.71. The number of aromatic nitrogens is 2. The zero-order chi connectivity index (χ0) is 12.8. The molecule has 7 heteroatoms. The fraction of sp³-hybridized carbons (Fsp3) is 0.500. The summed E-state index contributed by atoms with van der Waals surface area (Å²) in [6.07, 6.45) is 1.45. The van der Waals surface area contributed by atoms with Crippen LogP contribution in [0.5, 0.6) is 0 Å². The lowest BCUT2D eigenvalue weighted by Crippen LogP contribution is -2.29. The molecule has 0 saturated carbocycles. The number of carbonyl (C=O) groups is 1. The van der Waals surface area contributed by atoms with Gasteiger partial charge in [-0.25, -0.2) is 9.97 Å². The predicted molar refractivity (Wildman–Crippen MR) is 71.1 cm³/mol. The second kappa shape index (κ2) is 6.39. The maximum Gasteiger partial charge on any atom is 0.241 e. The summed E-state index contributed by atoms with van der Waals surface area (Å²) in [6.45, 7) is 2.96. The van der Waals surface area contributed by atoms with Gasteiger partial charge in [-0.2, -0.15) is 0 Å². The van der Waals surface area contributed by atoms with Gasteiger partial charge in [0.15, 0.2) is 0 Å². The minimum Gasteiger partial charge on any atom is -0.369 e. The smallest absolute Gasteiger partial charge is 0.241 e. The van der Waals surface area contributed by atoms with Crippen LogP contribution in [0.2, 0.25) is 0 Å². The van der Waals surface area contributed by atoms with E-state index < -0.39 is 0 Å². The number of carbonyl (C=O) groups excluding carboxylic acids is 1. The summed E-state index contributed by atoms with van der Waals surface area (Å²) < 4.78 is 0.730. The first kappa shape index (κ1) is 13.7. The van der Waals surface area contributed by atoms with Gasteiger partial charge >= 0.3 is 0 Å². The van der Waals surface area contributed by atoms with Gasteiger partial charge in [0.1, 0.15) is 22.4 Å². The topological polar surface area (TPSA) is 70.1 Å². The van der Waals surface area contributed by atoms with E-state index in [0.717, 1.165) is 11.0 Å². The number of rotatable bonds is 5. The average Bonchev–Trinajstić information content (AvgIpc) is 2.30. The van der Waals surface area contributed by atoms with Gasteiger partial charge in [0.25, 0.3) is 0 Å². The molecule has 0 unspecified atom stereocenters. The van der Waals surface area contributed by atoms with Crippen LogP contribution in [-0.4, -0.2) is 48.0 Å². The van der Waals surface area contributed by atoms with Crippen molar-refractivity contribution in [1.82, 2.24) is 14.9 Å². The Kier molecular flexibility index (Phi) is 5.14. The standard InChI is InChI=1S/C10H16BrN5O/c1-4-12-9-8(11)10(15-6-14-9)13-5-7(17)16(2)3/h6H,4-5H2,1-3H3,(H2,12,13,14,15). The number of halogens is 1. The minimum atomic E-state index is -0.0134. The first-order valence-corrected chi connectivity index (χ1v) is 6.04. The van der Waals surface area contributed by atoms with Crippen molar-refractivity contribution >= 4 is 33.5 Å². The van der Waals surface area contributed by atoms with E-state index in [9.17, 15) is 4.79 Å². The number of hydrogen-bond acceptors (Lipinski definition) is 5. The molecule has 1 aromatic rings. The van der Waals surface area contributed by atoms with Crippen LogP contribution in [0.15, 0.2) is 10.8 Å². The van der Waals surface area contributed by atoms with Gasteiger partial charge < -0.3 is 15.5 Å². The molecule has 0 atom stereocenters. The van der Waals surface area contributed by atoms with Crippen LogP contribution < -0.4 is 10.6 Å². The van der Waals surface area contributed by atoms with E-state index in [4.69, 9.17) is 0 Å². The molecular formula is C10H16BrN5O. The largest absolute Gasteiger partial charge is 0.369 e. The third-order valence-corrected chi connectivity index (χ3v) is 2.79. The van der Waals surface area contributed by atoms with Gasteiger partial charge in [0.05, 0.1) is 6.54 Å². The van der Waals surface area contributed by atoms with Crippen LogP contribution in [0.3, 0.4) is 0 Å². The van der Waals surface area contributed by atoms with E-state index in [-0.39, 0.29) is 12.5 Å². The Morgan fingerprint density at radius 2 is 1.94 bits per heavy atom. The second-order valence-corrected chi connectivity index (χ2v) is 4.35. The van der Waals surface area contributed by atoms with Crippen molar-refractivity contribution in [2.75, 3.05) is 37.8 Å². The normalized spacial score (nSPS) is 9.88. The predicted octanol–water partition coefficient (Wildman–Crippen LogP) is 1.17. The molecule has 0 saturated heterocycles. The van der Waals surface area contributed by atoms with E-state index in [0.29, 0.717) is 11.6 Å². The summed E-state index contributed by atoms with van der Waals surface area (Å²) in [5.41, 5.74) is 0. The Bertz CT molecular complexity index is 396. The molecule has 0 aliphatic rings. The summed E-state index contributed by atoms with van der Waals surface area (Å²) in [7, 11) is 3.42. The molecule has 0 aromatic carbocycles. The average molecular weight is 302 g/mol. The van der Waals surface area contributed by atoms with Crippen molar-refractivity contribution in [1.29, 1.82) is 0 Å². The maximum atomic E-state index is 11.4. The lowest BCUT2D eigenvalue weighted by molar-refractivity contribution is -0.126. The van der Waals surface area contributed by atoms with Crippen molar-refractivity contribution in [3.63, 3.8) is 0 Å². The van der Waals surface area contributed by atoms with Gasteiger partial charge in [-0.15, -0.1) is 0 Å². The first-order valence-electron chi connectivity index (χ1n) is 5.24. The number of amides is 1. The molecule has 94 valence electrons. The number of nitrogens with one attached hydrogen (secondary N) is 2. The number of likely N-dealkylation sites (N-methyl/N-ethyl adjacent to an activating group) is 1. The Hall–Kier alpha value is -1.37. The Morgan fingerprint density at radius 3 is 2.47 bits per heavy atom. The quantitative estimate of drug-likeness (QED) is 0.854. The summed E-state index contributed by atoms with van der Waals surface area (Å²) >= 11 is 3.39. The molecule has 1 heterocycles. The van der Waals surface area contributed by atoms with Crippen molar-refractivity contribution in [2.45, 2.75) is 6.92 Å². The summed E-state index contributed by atoms with van der Waals surface area (Å²) in [5.74, 6) is 1.30. The Morgan fingerprint density at radius 1 is 1.35 bits per heavy atom. The van der Waals surface area contributed by atoms with E-state index in [1.807, 2.05) is 6.92 Å². The molecule has 2 N–H and O–H groups in total. The fourth-order valence-corrected chi connectivity index (χ4v) is 1.59. The summed E-state index contributed by atoms with van der Waals surface area (Å²) in [5, 5.41) is 6.06. The highest BCUT2D eigenvalue weighted by Crippen LogP contribution is 2.25. The van der Waals surface area contributed by atoms with Gasteiger partial charge in [0, 0.05) is 20.6 Å². The van der Waals surface area contributed by atoms with Crippen molar-refractivity contribution < 1.29 is 4.79 Å². The highest BCUT2D eigenvalue weighted by molar-refractivity contribution is 9.10. The van der Waals surface area contributed by atoms with E-state index in [1.54, 1.807) is 14.1 Å². The summed E-state index contributed by atoms with van der Waals surface area (Å²) in [4.78, 5) is 21.1. The second-order valence-electron chi connectivity index (χ2n) is 3.56. The lowest BCUT2D eigenvalue weighted by Gasteiger charge is -2.13. The molecule has 1 amide bonds. The van der Waals surface area contributed by atoms with Crippen LogP contribution in [0, 0.1) is 0 Å². The molecule has 0 aliphatic heterocycles. The molecule has 1 aromatic heterocycles. The number of nitrogens with zero attached hydrogens (tertiary/aromatic N) is 3. The summed E-state index contributed by atoms with van der Waals surface area (Å²) in [6, 6.07) is 0. The Labute approximate surface area is 109 Å². The highest BCUT2D eigenvalue weighted by atomic mass is 79.9. The lowest BCUT2D eigenvalue weighted by atomic mass is 10.4. The van der Waals surface area contributed by atoms with Gasteiger partial charge in [-0.1, -0.05) is 0 Å². The highest BCUT2D eigenvalue weighted by Gasteiger charge is 2.09. The van der Waals surface area contributed by atoms with Crippen LogP contribution in [0.25, 0.3) is 0 Å². The molecule has 0 radical (unpaired) electrons. The first-order chi connectivity index (χ1) is 8.06. The van der Waals surface area contributed by atoms with E-state index >= 15 is 0 Å². The van der Waals surface area contributed by atoms with Crippen LogP contribution in [0.1, 0.15) is 6.92 Å². The molecule has 0 spiro atoms. The monoisotopic (exact) mass is 301 g/mol.